The predicted octanol–water partition coefficient (Wildman–Crippen LogP) is 4.46. The van der Waals surface area contributed by atoms with Crippen molar-refractivity contribution in [3.8, 4) is 5.75 Å². The third-order valence-electron chi connectivity index (χ3n) is 5.52. The molecule has 0 saturated carbocycles. The van der Waals surface area contributed by atoms with E-state index in [4.69, 9.17) is 4.74 Å². The normalized spacial score (nSPS) is 18.4. The zero-order valence-corrected chi connectivity index (χ0v) is 17.1. The Balaban J connectivity index is 1.85. The van der Waals surface area contributed by atoms with Crippen molar-refractivity contribution in [1.29, 1.82) is 0 Å². The number of ether oxygens (including phenoxy) is 1. The fraction of sp³-hybridized carbons (Fsp3) is 0.348. The van der Waals surface area contributed by atoms with Crippen LogP contribution in [0.1, 0.15) is 55.0 Å². The topological polar surface area (TPSA) is 60.2 Å². The summed E-state index contributed by atoms with van der Waals surface area (Å²) in [5.74, 6) is 1.48. The number of hydrogen-bond donors (Lipinski definition) is 0. The molecule has 1 aliphatic heterocycles. The van der Waals surface area contributed by atoms with Gasteiger partial charge in [0.2, 0.25) is 11.9 Å². The second-order valence-corrected chi connectivity index (χ2v) is 7.44. The van der Waals surface area contributed by atoms with Crippen LogP contribution in [0.3, 0.4) is 0 Å². The Morgan fingerprint density at radius 2 is 1.90 bits per heavy atom. The first-order valence-electron chi connectivity index (χ1n) is 10.0. The van der Waals surface area contributed by atoms with Gasteiger partial charge >= 0.3 is 0 Å². The summed E-state index contributed by atoms with van der Waals surface area (Å²) in [5.41, 5.74) is 3.34. The molecule has 3 aromatic rings. The molecule has 1 amide bonds. The first-order chi connectivity index (χ1) is 14.1. The number of carbonyl (C=O) groups is 1. The van der Waals surface area contributed by atoms with Crippen LogP contribution >= 0.6 is 0 Å². The molecular weight excluding hydrogens is 364 g/mol. The van der Waals surface area contributed by atoms with Crippen LogP contribution in [0.25, 0.3) is 0 Å². The Hall–Kier alpha value is -3.15. The maximum atomic E-state index is 13.1. The van der Waals surface area contributed by atoms with E-state index in [1.54, 1.807) is 7.11 Å². The highest BCUT2D eigenvalue weighted by Crippen LogP contribution is 2.44. The maximum Gasteiger partial charge on any atom is 0.231 e. The van der Waals surface area contributed by atoms with Crippen LogP contribution in [0.5, 0.6) is 5.75 Å². The summed E-state index contributed by atoms with van der Waals surface area (Å²) in [6, 6.07) is 16.2. The highest BCUT2D eigenvalue weighted by Gasteiger charge is 2.39. The molecule has 6 nitrogen and oxygen atoms in total. The predicted molar refractivity (Wildman–Crippen MR) is 112 cm³/mol. The highest BCUT2D eigenvalue weighted by molar-refractivity contribution is 5.92. The third-order valence-corrected chi connectivity index (χ3v) is 5.52. The lowest BCUT2D eigenvalue weighted by Crippen LogP contribution is -2.42. The summed E-state index contributed by atoms with van der Waals surface area (Å²) in [6.45, 7) is 4.09. The third kappa shape index (κ3) is 3.50. The number of fused-ring (bicyclic) bond motifs is 1. The lowest BCUT2D eigenvalue weighted by molar-refractivity contribution is -0.119. The standard InChI is InChI=1S/C23H26N4O2/c1-4-7-22(28)26-19(17-12-10-16(2)11-13-17)14-20(27-23(26)24-15-25-27)18-8-5-6-9-21(18)29-3/h5-6,8-13,15,19-20H,4,7,14H2,1-3H3/t19-,20-/m0/s1. The quantitative estimate of drug-likeness (QED) is 0.645. The number of nitrogens with zero attached hydrogens (tertiary/aromatic N) is 4. The molecule has 0 saturated heterocycles. The van der Waals surface area contributed by atoms with E-state index in [0.29, 0.717) is 18.8 Å². The summed E-state index contributed by atoms with van der Waals surface area (Å²) in [5, 5.41) is 4.48. The number of aromatic nitrogens is 3. The molecule has 0 fully saturated rings. The van der Waals surface area contributed by atoms with E-state index in [0.717, 1.165) is 23.3 Å². The fourth-order valence-electron chi connectivity index (χ4n) is 4.09. The summed E-state index contributed by atoms with van der Waals surface area (Å²) in [6.07, 6.45) is 3.51. The fourth-order valence-corrected chi connectivity index (χ4v) is 4.09. The van der Waals surface area contributed by atoms with Gasteiger partial charge in [0.15, 0.2) is 0 Å². The molecule has 1 aromatic heterocycles. The van der Waals surface area contributed by atoms with Crippen molar-refractivity contribution in [2.45, 2.75) is 45.2 Å². The van der Waals surface area contributed by atoms with Gasteiger partial charge in [0, 0.05) is 12.0 Å². The van der Waals surface area contributed by atoms with Gasteiger partial charge in [-0.2, -0.15) is 10.1 Å². The molecule has 2 aromatic carbocycles. The first kappa shape index (κ1) is 19.2. The molecule has 6 heteroatoms. The average Bonchev–Trinajstić information content (AvgIpc) is 3.23. The lowest BCUT2D eigenvalue weighted by atomic mass is 9.91. The van der Waals surface area contributed by atoms with Crippen molar-refractivity contribution < 1.29 is 9.53 Å². The number of amides is 1. The Labute approximate surface area is 171 Å². The van der Waals surface area contributed by atoms with Gasteiger partial charge in [-0.3, -0.25) is 9.69 Å². The van der Waals surface area contributed by atoms with Crippen LogP contribution in [0.2, 0.25) is 0 Å². The van der Waals surface area contributed by atoms with Gasteiger partial charge in [-0.25, -0.2) is 4.68 Å². The van der Waals surface area contributed by atoms with Gasteiger partial charge in [-0.05, 0) is 31.4 Å². The van der Waals surface area contributed by atoms with E-state index >= 15 is 0 Å². The number of aryl methyl sites for hydroxylation is 1. The molecular formula is C23H26N4O2. The van der Waals surface area contributed by atoms with Crippen molar-refractivity contribution in [2.24, 2.45) is 0 Å². The number of anilines is 1. The van der Waals surface area contributed by atoms with Crippen LogP contribution in [0.4, 0.5) is 5.95 Å². The van der Waals surface area contributed by atoms with Crippen molar-refractivity contribution in [2.75, 3.05) is 12.0 Å². The van der Waals surface area contributed by atoms with E-state index in [1.165, 1.54) is 11.9 Å². The molecule has 150 valence electrons. The Morgan fingerprint density at radius 3 is 2.62 bits per heavy atom. The number of para-hydroxylation sites is 1. The second-order valence-electron chi connectivity index (χ2n) is 7.44. The number of methoxy groups -OCH3 is 1. The molecule has 0 N–H and O–H groups in total. The molecule has 0 spiro atoms. The second kappa shape index (κ2) is 8.07. The van der Waals surface area contributed by atoms with Crippen LogP contribution in [0.15, 0.2) is 54.9 Å². The SMILES string of the molecule is CCCC(=O)N1c2ncnn2[C@H](c2ccccc2OC)C[C@H]1c1ccc(C)cc1. The van der Waals surface area contributed by atoms with E-state index in [9.17, 15) is 4.79 Å². The maximum absolute atomic E-state index is 13.1. The Morgan fingerprint density at radius 1 is 1.14 bits per heavy atom. The lowest BCUT2D eigenvalue weighted by Gasteiger charge is -2.39. The summed E-state index contributed by atoms with van der Waals surface area (Å²) in [4.78, 5) is 19.4. The monoisotopic (exact) mass is 390 g/mol. The van der Waals surface area contributed by atoms with Crippen LogP contribution in [-0.4, -0.2) is 27.8 Å². The van der Waals surface area contributed by atoms with Gasteiger partial charge < -0.3 is 4.74 Å². The van der Waals surface area contributed by atoms with E-state index < -0.39 is 0 Å². The zero-order chi connectivity index (χ0) is 20.4. The number of hydrogen-bond acceptors (Lipinski definition) is 4. The summed E-state index contributed by atoms with van der Waals surface area (Å²) >= 11 is 0. The minimum atomic E-state index is -0.110. The smallest absolute Gasteiger partial charge is 0.231 e. The van der Waals surface area contributed by atoms with E-state index in [-0.39, 0.29) is 18.0 Å². The summed E-state index contributed by atoms with van der Waals surface area (Å²) in [7, 11) is 1.68. The van der Waals surface area contributed by atoms with Crippen molar-refractivity contribution in [3.63, 3.8) is 0 Å². The Bertz CT molecular complexity index is 996. The van der Waals surface area contributed by atoms with Gasteiger partial charge in [-0.15, -0.1) is 0 Å². The van der Waals surface area contributed by atoms with Crippen LogP contribution in [-0.2, 0) is 4.79 Å². The molecule has 0 radical (unpaired) electrons. The molecule has 0 bridgehead atoms. The van der Waals surface area contributed by atoms with Crippen molar-refractivity contribution >= 4 is 11.9 Å². The van der Waals surface area contributed by atoms with Crippen molar-refractivity contribution in [3.05, 3.63) is 71.5 Å². The highest BCUT2D eigenvalue weighted by atomic mass is 16.5. The van der Waals surface area contributed by atoms with E-state index in [2.05, 4.69) is 47.3 Å². The van der Waals surface area contributed by atoms with Gasteiger partial charge in [0.25, 0.3) is 0 Å². The minimum Gasteiger partial charge on any atom is -0.496 e. The molecule has 4 rings (SSSR count). The minimum absolute atomic E-state index is 0.0689. The zero-order valence-electron chi connectivity index (χ0n) is 17.1. The first-order valence-corrected chi connectivity index (χ1v) is 10.0. The molecule has 1 aliphatic rings. The summed E-state index contributed by atoms with van der Waals surface area (Å²) < 4.78 is 7.47. The van der Waals surface area contributed by atoms with Crippen molar-refractivity contribution in [1.82, 2.24) is 14.8 Å². The average molecular weight is 390 g/mol. The number of rotatable bonds is 5. The molecule has 0 unspecified atom stereocenters. The Kier molecular flexibility index (Phi) is 5.34. The van der Waals surface area contributed by atoms with Crippen LogP contribution in [0, 0.1) is 6.92 Å². The van der Waals surface area contributed by atoms with E-state index in [1.807, 2.05) is 34.7 Å². The van der Waals surface area contributed by atoms with Crippen LogP contribution < -0.4 is 9.64 Å². The molecule has 2 heterocycles. The van der Waals surface area contributed by atoms with Gasteiger partial charge in [0.1, 0.15) is 12.1 Å². The number of benzene rings is 2. The molecule has 29 heavy (non-hydrogen) atoms. The van der Waals surface area contributed by atoms with Gasteiger partial charge in [-0.1, -0.05) is 55.0 Å². The largest absolute Gasteiger partial charge is 0.496 e. The molecule has 2 atom stereocenters. The van der Waals surface area contributed by atoms with Gasteiger partial charge in [0.05, 0.1) is 19.2 Å². The molecule has 0 aliphatic carbocycles. The number of carbonyl (C=O) groups excluding carboxylic acids is 1.